The van der Waals surface area contributed by atoms with E-state index in [-0.39, 0.29) is 0 Å². The average Bonchev–Trinajstić information content (AvgIpc) is 2.62. The molecule has 1 aromatic carbocycles. The summed E-state index contributed by atoms with van der Waals surface area (Å²) in [6.45, 7) is 6.04. The Hall–Kier alpha value is -1.02. The zero-order valence-corrected chi connectivity index (χ0v) is 9.45. The Labute approximate surface area is 92.1 Å². The summed E-state index contributed by atoms with van der Waals surface area (Å²) in [4.78, 5) is 2.55. The predicted octanol–water partition coefficient (Wildman–Crippen LogP) is 2.15. The van der Waals surface area contributed by atoms with Crippen molar-refractivity contribution in [3.63, 3.8) is 0 Å². The van der Waals surface area contributed by atoms with Gasteiger partial charge < -0.3 is 10.6 Å². The second-order valence-corrected chi connectivity index (χ2v) is 4.69. The maximum absolute atomic E-state index is 5.75. The Morgan fingerprint density at radius 3 is 3.00 bits per heavy atom. The molecule has 1 heterocycles. The maximum Gasteiger partial charge on any atom is 0.0316 e. The Bertz CT molecular complexity index is 322. The molecule has 2 rings (SSSR count). The van der Waals surface area contributed by atoms with E-state index in [4.69, 9.17) is 5.73 Å². The van der Waals surface area contributed by atoms with Crippen molar-refractivity contribution >= 4 is 5.69 Å². The lowest BCUT2D eigenvalue weighted by Gasteiger charge is -2.14. The summed E-state index contributed by atoms with van der Waals surface area (Å²) in [6, 6.07) is 8.23. The van der Waals surface area contributed by atoms with E-state index in [2.05, 4.69) is 24.0 Å². The van der Waals surface area contributed by atoms with Gasteiger partial charge >= 0.3 is 0 Å². The van der Waals surface area contributed by atoms with Crippen LogP contribution < -0.4 is 5.73 Å². The highest BCUT2D eigenvalue weighted by molar-refractivity contribution is 5.40. The molecule has 2 heteroatoms. The third-order valence-electron chi connectivity index (χ3n) is 3.18. The first-order chi connectivity index (χ1) is 7.24. The Balaban J connectivity index is 1.83. The molecule has 1 aromatic rings. The number of anilines is 1. The standard InChI is InChI=1S/C13H20N2/c1-11-5-7-15(10-11)8-6-12-3-2-4-13(14)9-12/h2-4,9,11H,5-8,10,14H2,1H3. The molecule has 0 spiro atoms. The van der Waals surface area contributed by atoms with E-state index in [0.717, 1.165) is 18.0 Å². The zero-order valence-electron chi connectivity index (χ0n) is 9.45. The van der Waals surface area contributed by atoms with Crippen molar-refractivity contribution in [1.82, 2.24) is 4.90 Å². The average molecular weight is 204 g/mol. The van der Waals surface area contributed by atoms with E-state index < -0.39 is 0 Å². The van der Waals surface area contributed by atoms with Gasteiger partial charge in [-0.05, 0) is 43.0 Å². The van der Waals surface area contributed by atoms with Crippen molar-refractivity contribution < 1.29 is 0 Å². The third kappa shape index (κ3) is 2.96. The molecular weight excluding hydrogens is 184 g/mol. The molecule has 2 N–H and O–H groups in total. The molecule has 15 heavy (non-hydrogen) atoms. The fraction of sp³-hybridized carbons (Fsp3) is 0.538. The zero-order chi connectivity index (χ0) is 10.7. The molecule has 1 aliphatic heterocycles. The highest BCUT2D eigenvalue weighted by Gasteiger charge is 2.17. The Kier molecular flexibility index (Phi) is 3.27. The van der Waals surface area contributed by atoms with Crippen LogP contribution in [0.15, 0.2) is 24.3 Å². The first kappa shape index (κ1) is 10.5. The van der Waals surface area contributed by atoms with Gasteiger partial charge in [0.2, 0.25) is 0 Å². The summed E-state index contributed by atoms with van der Waals surface area (Å²) in [5.41, 5.74) is 7.98. The Morgan fingerprint density at radius 1 is 1.47 bits per heavy atom. The van der Waals surface area contributed by atoms with E-state index in [1.165, 1.54) is 31.6 Å². The van der Waals surface area contributed by atoms with Gasteiger partial charge in [-0.3, -0.25) is 0 Å². The van der Waals surface area contributed by atoms with Crippen molar-refractivity contribution in [2.45, 2.75) is 19.8 Å². The number of likely N-dealkylation sites (tertiary alicyclic amines) is 1. The molecular formula is C13H20N2. The van der Waals surface area contributed by atoms with E-state index in [0.29, 0.717) is 0 Å². The third-order valence-corrected chi connectivity index (χ3v) is 3.18. The van der Waals surface area contributed by atoms with Gasteiger partial charge in [0.1, 0.15) is 0 Å². The smallest absolute Gasteiger partial charge is 0.0316 e. The number of hydrogen-bond acceptors (Lipinski definition) is 2. The molecule has 1 unspecified atom stereocenters. The van der Waals surface area contributed by atoms with Crippen molar-refractivity contribution in [2.75, 3.05) is 25.4 Å². The van der Waals surface area contributed by atoms with Gasteiger partial charge in [0, 0.05) is 18.8 Å². The Morgan fingerprint density at radius 2 is 2.33 bits per heavy atom. The van der Waals surface area contributed by atoms with Gasteiger partial charge in [0.15, 0.2) is 0 Å². The maximum atomic E-state index is 5.75. The van der Waals surface area contributed by atoms with Gasteiger partial charge in [-0.1, -0.05) is 19.1 Å². The molecule has 1 aliphatic rings. The first-order valence-electron chi connectivity index (χ1n) is 5.81. The van der Waals surface area contributed by atoms with Gasteiger partial charge in [0.05, 0.1) is 0 Å². The van der Waals surface area contributed by atoms with Crippen LogP contribution in [-0.4, -0.2) is 24.5 Å². The normalized spacial score (nSPS) is 22.1. The van der Waals surface area contributed by atoms with Crippen LogP contribution in [0.1, 0.15) is 18.9 Å². The van der Waals surface area contributed by atoms with Crippen LogP contribution in [0.2, 0.25) is 0 Å². The summed E-state index contributed by atoms with van der Waals surface area (Å²) < 4.78 is 0. The summed E-state index contributed by atoms with van der Waals surface area (Å²) in [5.74, 6) is 0.880. The van der Waals surface area contributed by atoms with Crippen LogP contribution in [0.5, 0.6) is 0 Å². The molecule has 0 amide bonds. The van der Waals surface area contributed by atoms with Crippen molar-refractivity contribution in [2.24, 2.45) is 5.92 Å². The topological polar surface area (TPSA) is 29.3 Å². The lowest BCUT2D eigenvalue weighted by Crippen LogP contribution is -2.23. The molecule has 0 aromatic heterocycles. The summed E-state index contributed by atoms with van der Waals surface area (Å²) >= 11 is 0. The van der Waals surface area contributed by atoms with E-state index in [9.17, 15) is 0 Å². The number of benzene rings is 1. The summed E-state index contributed by atoms with van der Waals surface area (Å²) in [5, 5.41) is 0. The monoisotopic (exact) mass is 204 g/mol. The number of nitrogens with zero attached hydrogens (tertiary/aromatic N) is 1. The van der Waals surface area contributed by atoms with Crippen LogP contribution in [0.3, 0.4) is 0 Å². The van der Waals surface area contributed by atoms with Crippen molar-refractivity contribution in [1.29, 1.82) is 0 Å². The number of rotatable bonds is 3. The van der Waals surface area contributed by atoms with Gasteiger partial charge in [-0.15, -0.1) is 0 Å². The minimum absolute atomic E-state index is 0.877. The minimum atomic E-state index is 0.877. The SMILES string of the molecule is CC1CCN(CCc2cccc(N)c2)C1. The fourth-order valence-corrected chi connectivity index (χ4v) is 2.27. The minimum Gasteiger partial charge on any atom is -0.399 e. The largest absolute Gasteiger partial charge is 0.399 e. The van der Waals surface area contributed by atoms with Crippen molar-refractivity contribution in [3.8, 4) is 0 Å². The van der Waals surface area contributed by atoms with Gasteiger partial charge in [0.25, 0.3) is 0 Å². The molecule has 2 nitrogen and oxygen atoms in total. The van der Waals surface area contributed by atoms with Crippen LogP contribution >= 0.6 is 0 Å². The van der Waals surface area contributed by atoms with Gasteiger partial charge in [-0.25, -0.2) is 0 Å². The van der Waals surface area contributed by atoms with Crippen LogP contribution in [0, 0.1) is 5.92 Å². The van der Waals surface area contributed by atoms with E-state index in [1.807, 2.05) is 12.1 Å². The molecule has 82 valence electrons. The predicted molar refractivity (Wildman–Crippen MR) is 64.8 cm³/mol. The van der Waals surface area contributed by atoms with Crippen LogP contribution in [0.4, 0.5) is 5.69 Å². The van der Waals surface area contributed by atoms with Crippen molar-refractivity contribution in [3.05, 3.63) is 29.8 Å². The first-order valence-corrected chi connectivity index (χ1v) is 5.81. The summed E-state index contributed by atoms with van der Waals surface area (Å²) in [7, 11) is 0. The molecule has 0 saturated carbocycles. The van der Waals surface area contributed by atoms with E-state index >= 15 is 0 Å². The summed E-state index contributed by atoms with van der Waals surface area (Å²) in [6.07, 6.45) is 2.48. The molecule has 0 bridgehead atoms. The molecule has 0 radical (unpaired) electrons. The van der Waals surface area contributed by atoms with E-state index in [1.54, 1.807) is 0 Å². The second kappa shape index (κ2) is 4.67. The number of hydrogen-bond donors (Lipinski definition) is 1. The quantitative estimate of drug-likeness (QED) is 0.764. The molecule has 1 atom stereocenters. The second-order valence-electron chi connectivity index (χ2n) is 4.69. The van der Waals surface area contributed by atoms with Crippen LogP contribution in [-0.2, 0) is 6.42 Å². The number of nitrogens with two attached hydrogens (primary N) is 1. The lowest BCUT2D eigenvalue weighted by molar-refractivity contribution is 0.332. The van der Waals surface area contributed by atoms with Gasteiger partial charge in [-0.2, -0.15) is 0 Å². The highest BCUT2D eigenvalue weighted by Crippen LogP contribution is 2.15. The highest BCUT2D eigenvalue weighted by atomic mass is 15.1. The number of nitrogen functional groups attached to an aromatic ring is 1. The fourth-order valence-electron chi connectivity index (χ4n) is 2.27. The molecule has 1 fully saturated rings. The molecule has 1 saturated heterocycles. The molecule has 0 aliphatic carbocycles. The van der Waals surface area contributed by atoms with Crippen LogP contribution in [0.25, 0.3) is 0 Å². The lowest BCUT2D eigenvalue weighted by atomic mass is 10.1.